The van der Waals surface area contributed by atoms with E-state index in [4.69, 9.17) is 10.5 Å². The van der Waals surface area contributed by atoms with Gasteiger partial charge in [-0.1, -0.05) is 0 Å². The van der Waals surface area contributed by atoms with Gasteiger partial charge in [-0.25, -0.2) is 4.79 Å². The molecule has 0 unspecified atom stereocenters. The molecule has 0 saturated heterocycles. The number of amides is 2. The first-order valence-electron chi connectivity index (χ1n) is 4.40. The van der Waals surface area contributed by atoms with Crippen LogP contribution in [0, 0.1) is 5.92 Å². The normalized spacial score (nSPS) is 16.0. The fraction of sp³-hybridized carbons (Fsp3) is 0.875. The first kappa shape index (κ1) is 9.32. The number of primary amides is 1. The van der Waals surface area contributed by atoms with Gasteiger partial charge < -0.3 is 15.8 Å². The number of carbonyl (C=O) groups is 1. The zero-order valence-corrected chi connectivity index (χ0v) is 7.21. The molecule has 1 fully saturated rings. The van der Waals surface area contributed by atoms with E-state index in [1.807, 2.05) is 0 Å². The minimum Gasteiger partial charge on any atom is -0.381 e. The highest BCUT2D eigenvalue weighted by Gasteiger charge is 2.20. The summed E-state index contributed by atoms with van der Waals surface area (Å²) in [7, 11) is 0. The highest BCUT2D eigenvalue weighted by atomic mass is 16.5. The van der Waals surface area contributed by atoms with E-state index >= 15 is 0 Å². The first-order chi connectivity index (χ1) is 5.79. The Bertz CT molecular complexity index is 146. The van der Waals surface area contributed by atoms with Crippen LogP contribution in [0.25, 0.3) is 0 Å². The van der Waals surface area contributed by atoms with Crippen molar-refractivity contribution in [2.75, 3.05) is 19.8 Å². The summed E-state index contributed by atoms with van der Waals surface area (Å²) >= 11 is 0. The molecule has 12 heavy (non-hydrogen) atoms. The number of urea groups is 1. The summed E-state index contributed by atoms with van der Waals surface area (Å²) in [5, 5.41) is 2.51. The number of hydrogen-bond acceptors (Lipinski definition) is 2. The van der Waals surface area contributed by atoms with Crippen molar-refractivity contribution in [2.24, 2.45) is 11.7 Å². The van der Waals surface area contributed by atoms with Gasteiger partial charge in [-0.15, -0.1) is 0 Å². The van der Waals surface area contributed by atoms with Crippen molar-refractivity contribution in [3.8, 4) is 0 Å². The fourth-order valence-corrected chi connectivity index (χ4v) is 0.920. The maximum absolute atomic E-state index is 10.2. The topological polar surface area (TPSA) is 64.4 Å². The molecule has 1 aliphatic rings. The highest BCUT2D eigenvalue weighted by Crippen LogP contribution is 2.28. The molecule has 0 radical (unpaired) electrons. The lowest BCUT2D eigenvalue weighted by molar-refractivity contribution is 0.122. The van der Waals surface area contributed by atoms with E-state index in [0.717, 1.165) is 25.6 Å². The molecule has 0 aromatic carbocycles. The summed E-state index contributed by atoms with van der Waals surface area (Å²) in [4.78, 5) is 10.2. The second kappa shape index (κ2) is 4.98. The third-order valence-corrected chi connectivity index (χ3v) is 1.82. The molecule has 0 aromatic rings. The average molecular weight is 172 g/mol. The van der Waals surface area contributed by atoms with Gasteiger partial charge in [-0.3, -0.25) is 0 Å². The van der Waals surface area contributed by atoms with Crippen LogP contribution in [0.3, 0.4) is 0 Å². The molecule has 2 amide bonds. The highest BCUT2D eigenvalue weighted by molar-refractivity contribution is 5.71. The van der Waals surface area contributed by atoms with Gasteiger partial charge in [0.1, 0.15) is 0 Å². The van der Waals surface area contributed by atoms with Crippen molar-refractivity contribution in [1.29, 1.82) is 0 Å². The van der Waals surface area contributed by atoms with E-state index in [-0.39, 0.29) is 0 Å². The Morgan fingerprint density at radius 3 is 2.92 bits per heavy atom. The number of carbonyl (C=O) groups excluding carboxylic acids is 1. The Hall–Kier alpha value is -0.770. The number of rotatable bonds is 6. The van der Waals surface area contributed by atoms with E-state index < -0.39 is 6.03 Å². The molecule has 1 saturated carbocycles. The molecule has 70 valence electrons. The molecule has 0 atom stereocenters. The van der Waals surface area contributed by atoms with Crippen molar-refractivity contribution >= 4 is 6.03 Å². The molecular formula is C8H16N2O2. The average Bonchev–Trinajstić information content (AvgIpc) is 2.79. The standard InChI is InChI=1S/C8H16N2O2/c9-8(11)10-4-1-5-12-6-7-2-3-7/h7H,1-6H2,(H3,9,10,11). The third-order valence-electron chi connectivity index (χ3n) is 1.82. The maximum Gasteiger partial charge on any atom is 0.312 e. The van der Waals surface area contributed by atoms with Gasteiger partial charge in [0.25, 0.3) is 0 Å². The molecule has 1 rings (SSSR count). The molecule has 0 aromatic heterocycles. The monoisotopic (exact) mass is 172 g/mol. The fourth-order valence-electron chi connectivity index (χ4n) is 0.920. The van der Waals surface area contributed by atoms with Crippen molar-refractivity contribution in [1.82, 2.24) is 5.32 Å². The summed E-state index contributed by atoms with van der Waals surface area (Å²) in [6.07, 6.45) is 3.48. The molecule has 0 aliphatic heterocycles. The zero-order valence-electron chi connectivity index (χ0n) is 7.21. The lowest BCUT2D eigenvalue weighted by Crippen LogP contribution is -2.30. The quantitative estimate of drug-likeness (QED) is 0.572. The van der Waals surface area contributed by atoms with Crippen LogP contribution in [-0.4, -0.2) is 25.8 Å². The molecular weight excluding hydrogens is 156 g/mol. The first-order valence-corrected chi connectivity index (χ1v) is 4.40. The summed E-state index contributed by atoms with van der Waals surface area (Å²) in [5.74, 6) is 0.814. The van der Waals surface area contributed by atoms with Gasteiger partial charge in [-0.05, 0) is 25.2 Å². The van der Waals surface area contributed by atoms with Crippen molar-refractivity contribution in [2.45, 2.75) is 19.3 Å². The van der Waals surface area contributed by atoms with Gasteiger partial charge >= 0.3 is 6.03 Å². The molecule has 4 heteroatoms. The van der Waals surface area contributed by atoms with E-state index in [0.29, 0.717) is 6.54 Å². The molecule has 4 nitrogen and oxygen atoms in total. The largest absolute Gasteiger partial charge is 0.381 e. The van der Waals surface area contributed by atoms with Gasteiger partial charge in [0.05, 0.1) is 0 Å². The Kier molecular flexibility index (Phi) is 3.87. The Balaban J connectivity index is 1.73. The lowest BCUT2D eigenvalue weighted by Gasteiger charge is -2.02. The zero-order chi connectivity index (χ0) is 8.81. The van der Waals surface area contributed by atoms with Crippen LogP contribution >= 0.6 is 0 Å². The second-order valence-corrected chi connectivity index (χ2v) is 3.16. The van der Waals surface area contributed by atoms with E-state index in [1.54, 1.807) is 0 Å². The Morgan fingerprint density at radius 1 is 1.58 bits per heavy atom. The van der Waals surface area contributed by atoms with E-state index in [9.17, 15) is 4.79 Å². The van der Waals surface area contributed by atoms with Gasteiger partial charge in [0, 0.05) is 19.8 Å². The van der Waals surface area contributed by atoms with Crippen LogP contribution in [0.5, 0.6) is 0 Å². The number of hydrogen-bond donors (Lipinski definition) is 2. The number of nitrogens with one attached hydrogen (secondary N) is 1. The van der Waals surface area contributed by atoms with Crippen molar-refractivity contribution in [3.05, 3.63) is 0 Å². The SMILES string of the molecule is NC(=O)NCCCOCC1CC1. The van der Waals surface area contributed by atoms with Gasteiger partial charge in [-0.2, -0.15) is 0 Å². The molecule has 1 aliphatic carbocycles. The van der Waals surface area contributed by atoms with Crippen molar-refractivity contribution in [3.63, 3.8) is 0 Å². The number of ether oxygens (including phenoxy) is 1. The molecule has 3 N–H and O–H groups in total. The lowest BCUT2D eigenvalue weighted by atomic mass is 10.4. The number of nitrogens with two attached hydrogens (primary N) is 1. The molecule has 0 spiro atoms. The third kappa shape index (κ3) is 4.96. The van der Waals surface area contributed by atoms with Crippen LogP contribution in [0.1, 0.15) is 19.3 Å². The Morgan fingerprint density at radius 2 is 2.33 bits per heavy atom. The minimum absolute atomic E-state index is 0.461. The van der Waals surface area contributed by atoms with Crippen molar-refractivity contribution < 1.29 is 9.53 Å². The summed E-state index contributed by atoms with van der Waals surface area (Å²) in [6.45, 7) is 2.22. The van der Waals surface area contributed by atoms with Crippen LogP contribution in [-0.2, 0) is 4.74 Å². The minimum atomic E-state index is -0.461. The summed E-state index contributed by atoms with van der Waals surface area (Å²) in [6, 6.07) is -0.461. The Labute approximate surface area is 72.5 Å². The molecule has 0 bridgehead atoms. The predicted molar refractivity (Wildman–Crippen MR) is 45.7 cm³/mol. The van der Waals surface area contributed by atoms with Crippen LogP contribution in [0.4, 0.5) is 4.79 Å². The van der Waals surface area contributed by atoms with Gasteiger partial charge in [0.2, 0.25) is 0 Å². The van der Waals surface area contributed by atoms with E-state index in [1.165, 1.54) is 12.8 Å². The van der Waals surface area contributed by atoms with Crippen LogP contribution in [0.2, 0.25) is 0 Å². The smallest absolute Gasteiger partial charge is 0.312 e. The molecule has 0 heterocycles. The summed E-state index contributed by atoms with van der Waals surface area (Å²) < 4.78 is 5.35. The van der Waals surface area contributed by atoms with Gasteiger partial charge in [0.15, 0.2) is 0 Å². The van der Waals surface area contributed by atoms with Crippen LogP contribution in [0.15, 0.2) is 0 Å². The maximum atomic E-state index is 10.2. The second-order valence-electron chi connectivity index (χ2n) is 3.16. The van der Waals surface area contributed by atoms with Crippen LogP contribution < -0.4 is 11.1 Å². The summed E-state index contributed by atoms with van der Waals surface area (Å²) in [5.41, 5.74) is 4.87. The predicted octanol–water partition coefficient (Wildman–Crippen LogP) is 0.471. The van der Waals surface area contributed by atoms with E-state index in [2.05, 4.69) is 5.32 Å².